The first-order chi connectivity index (χ1) is 5.36. The Hall–Kier alpha value is -1.05. The van der Waals surface area contributed by atoms with Crippen molar-refractivity contribution in [1.29, 1.82) is 0 Å². The van der Waals surface area contributed by atoms with E-state index in [2.05, 4.69) is 11.9 Å². The molecule has 0 bridgehead atoms. The van der Waals surface area contributed by atoms with Gasteiger partial charge in [0.1, 0.15) is 0 Å². The largest absolute Gasteiger partial charge is 0.481 e. The van der Waals surface area contributed by atoms with Gasteiger partial charge in [0.05, 0.1) is 7.11 Å². The second kappa shape index (κ2) is 3.96. The molecule has 0 aliphatic carbocycles. The molecule has 0 spiro atoms. The fourth-order valence-corrected chi connectivity index (χ4v) is 0.884. The van der Waals surface area contributed by atoms with E-state index in [1.807, 2.05) is 18.3 Å². The fraction of sp³-hybridized carbons (Fsp3) is 0.333. The van der Waals surface area contributed by atoms with Gasteiger partial charge in [-0.15, -0.1) is 0 Å². The number of methoxy groups -OCH3 is 1. The lowest BCUT2D eigenvalue weighted by Gasteiger charge is -1.99. The van der Waals surface area contributed by atoms with Gasteiger partial charge in [0.2, 0.25) is 5.88 Å². The van der Waals surface area contributed by atoms with E-state index in [1.165, 1.54) is 5.56 Å². The highest BCUT2D eigenvalue weighted by Gasteiger charge is 1.92. The molecule has 0 atom stereocenters. The lowest BCUT2D eigenvalue weighted by molar-refractivity contribution is 0.397. The average Bonchev–Trinajstić information content (AvgIpc) is 2.07. The molecule has 2 nitrogen and oxygen atoms in total. The van der Waals surface area contributed by atoms with E-state index in [-0.39, 0.29) is 0 Å². The first-order valence-electron chi connectivity index (χ1n) is 3.65. The molecule has 1 radical (unpaired) electrons. The highest BCUT2D eigenvalue weighted by Crippen LogP contribution is 2.07. The molecule has 0 aliphatic rings. The van der Waals surface area contributed by atoms with Gasteiger partial charge in [-0.25, -0.2) is 4.98 Å². The SMILES string of the molecule is [CH2]CCc1ccc(OC)nc1. The molecule has 0 fully saturated rings. The van der Waals surface area contributed by atoms with Crippen molar-refractivity contribution in [3.63, 3.8) is 0 Å². The average molecular weight is 150 g/mol. The monoisotopic (exact) mass is 150 g/mol. The number of ether oxygens (including phenoxy) is 1. The quantitative estimate of drug-likeness (QED) is 0.656. The number of aromatic nitrogens is 1. The van der Waals surface area contributed by atoms with Crippen molar-refractivity contribution in [2.24, 2.45) is 0 Å². The van der Waals surface area contributed by atoms with Crippen LogP contribution < -0.4 is 4.74 Å². The van der Waals surface area contributed by atoms with Crippen LogP contribution in [0.5, 0.6) is 5.88 Å². The summed E-state index contributed by atoms with van der Waals surface area (Å²) in [6, 6.07) is 3.88. The Labute approximate surface area is 67.2 Å². The summed E-state index contributed by atoms with van der Waals surface area (Å²) in [7, 11) is 1.61. The molecule has 1 rings (SSSR count). The summed E-state index contributed by atoms with van der Waals surface area (Å²) < 4.78 is 4.92. The minimum Gasteiger partial charge on any atom is -0.481 e. The summed E-state index contributed by atoms with van der Waals surface area (Å²) in [5.74, 6) is 0.665. The maximum atomic E-state index is 4.92. The van der Waals surface area contributed by atoms with Gasteiger partial charge in [-0.1, -0.05) is 13.0 Å². The molecule has 1 aromatic heterocycles. The topological polar surface area (TPSA) is 22.1 Å². The third kappa shape index (κ3) is 2.22. The van der Waals surface area contributed by atoms with Gasteiger partial charge in [-0.2, -0.15) is 0 Å². The molecule has 0 aromatic carbocycles. The van der Waals surface area contributed by atoms with Gasteiger partial charge in [-0.05, 0) is 18.4 Å². The van der Waals surface area contributed by atoms with Gasteiger partial charge in [0, 0.05) is 12.3 Å². The Morgan fingerprint density at radius 1 is 1.55 bits per heavy atom. The molecule has 1 aromatic rings. The zero-order chi connectivity index (χ0) is 8.10. The standard InChI is InChI=1S/C9H12NO/c1-3-4-8-5-6-9(11-2)10-7-8/h5-7H,1,3-4H2,2H3. The van der Waals surface area contributed by atoms with Crippen LogP contribution in [0.1, 0.15) is 12.0 Å². The lowest BCUT2D eigenvalue weighted by Crippen LogP contribution is -1.89. The van der Waals surface area contributed by atoms with Crippen LogP contribution >= 0.6 is 0 Å². The Bertz CT molecular complexity index is 205. The minimum absolute atomic E-state index is 0.665. The maximum Gasteiger partial charge on any atom is 0.212 e. The Kier molecular flexibility index (Phi) is 2.90. The van der Waals surface area contributed by atoms with Crippen molar-refractivity contribution in [3.05, 3.63) is 30.8 Å². The van der Waals surface area contributed by atoms with Gasteiger partial charge in [0.25, 0.3) is 0 Å². The van der Waals surface area contributed by atoms with Gasteiger partial charge in [0.15, 0.2) is 0 Å². The second-order valence-electron chi connectivity index (χ2n) is 2.31. The fourth-order valence-electron chi connectivity index (χ4n) is 0.884. The van der Waals surface area contributed by atoms with E-state index in [0.717, 1.165) is 12.8 Å². The Morgan fingerprint density at radius 3 is 2.82 bits per heavy atom. The van der Waals surface area contributed by atoms with Crippen molar-refractivity contribution < 1.29 is 4.74 Å². The predicted octanol–water partition coefficient (Wildman–Crippen LogP) is 1.86. The summed E-state index contributed by atoms with van der Waals surface area (Å²) in [5.41, 5.74) is 1.21. The molecule has 59 valence electrons. The zero-order valence-corrected chi connectivity index (χ0v) is 6.71. The molecule has 0 aliphatic heterocycles. The van der Waals surface area contributed by atoms with Crippen molar-refractivity contribution in [2.45, 2.75) is 12.8 Å². The molecular formula is C9H12NO. The zero-order valence-electron chi connectivity index (χ0n) is 6.71. The van der Waals surface area contributed by atoms with Crippen LogP contribution in [0.4, 0.5) is 0 Å². The van der Waals surface area contributed by atoms with Crippen molar-refractivity contribution in [3.8, 4) is 5.88 Å². The number of hydrogen-bond donors (Lipinski definition) is 0. The molecule has 0 N–H and O–H groups in total. The van der Waals surface area contributed by atoms with E-state index in [1.54, 1.807) is 7.11 Å². The molecule has 0 unspecified atom stereocenters. The number of aryl methyl sites for hydroxylation is 1. The first kappa shape index (κ1) is 8.05. The normalized spacial score (nSPS) is 9.64. The summed E-state index contributed by atoms with van der Waals surface area (Å²) in [6.07, 6.45) is 3.72. The number of hydrogen-bond acceptors (Lipinski definition) is 2. The van der Waals surface area contributed by atoms with Crippen molar-refractivity contribution in [2.75, 3.05) is 7.11 Å². The van der Waals surface area contributed by atoms with Crippen LogP contribution in [-0.4, -0.2) is 12.1 Å². The highest BCUT2D eigenvalue weighted by molar-refractivity contribution is 5.17. The molecule has 2 heteroatoms. The number of pyridine rings is 1. The highest BCUT2D eigenvalue weighted by atomic mass is 16.5. The van der Waals surface area contributed by atoms with E-state index >= 15 is 0 Å². The lowest BCUT2D eigenvalue weighted by atomic mass is 10.2. The van der Waals surface area contributed by atoms with Crippen LogP contribution in [0, 0.1) is 6.92 Å². The van der Waals surface area contributed by atoms with Crippen LogP contribution in [0.25, 0.3) is 0 Å². The number of nitrogens with zero attached hydrogens (tertiary/aromatic N) is 1. The molecule has 0 saturated heterocycles. The summed E-state index contributed by atoms with van der Waals surface area (Å²) in [4.78, 5) is 4.07. The third-order valence-electron chi connectivity index (χ3n) is 1.47. The summed E-state index contributed by atoms with van der Waals surface area (Å²) in [6.45, 7) is 3.76. The van der Waals surface area contributed by atoms with E-state index in [4.69, 9.17) is 4.74 Å². The van der Waals surface area contributed by atoms with Gasteiger partial charge < -0.3 is 4.74 Å². The third-order valence-corrected chi connectivity index (χ3v) is 1.47. The molecule has 1 heterocycles. The van der Waals surface area contributed by atoms with E-state index in [0.29, 0.717) is 5.88 Å². The van der Waals surface area contributed by atoms with Crippen molar-refractivity contribution >= 4 is 0 Å². The first-order valence-corrected chi connectivity index (χ1v) is 3.65. The van der Waals surface area contributed by atoms with Crippen LogP contribution in [-0.2, 0) is 6.42 Å². The number of rotatable bonds is 3. The summed E-state index contributed by atoms with van der Waals surface area (Å²) >= 11 is 0. The Morgan fingerprint density at radius 2 is 2.36 bits per heavy atom. The van der Waals surface area contributed by atoms with Crippen molar-refractivity contribution in [1.82, 2.24) is 4.98 Å². The van der Waals surface area contributed by atoms with Crippen LogP contribution in [0.3, 0.4) is 0 Å². The smallest absolute Gasteiger partial charge is 0.212 e. The van der Waals surface area contributed by atoms with E-state index in [9.17, 15) is 0 Å². The summed E-state index contributed by atoms with van der Waals surface area (Å²) in [5, 5.41) is 0. The van der Waals surface area contributed by atoms with Gasteiger partial charge >= 0.3 is 0 Å². The Balaban J connectivity index is 2.66. The second-order valence-corrected chi connectivity index (χ2v) is 2.31. The van der Waals surface area contributed by atoms with Crippen LogP contribution in [0.15, 0.2) is 18.3 Å². The molecular weight excluding hydrogens is 138 g/mol. The minimum atomic E-state index is 0.665. The van der Waals surface area contributed by atoms with Crippen LogP contribution in [0.2, 0.25) is 0 Å². The molecule has 11 heavy (non-hydrogen) atoms. The van der Waals surface area contributed by atoms with Gasteiger partial charge in [-0.3, -0.25) is 0 Å². The molecule has 0 saturated carbocycles. The maximum absolute atomic E-state index is 4.92. The van der Waals surface area contributed by atoms with E-state index < -0.39 is 0 Å². The predicted molar refractivity (Wildman–Crippen MR) is 44.5 cm³/mol. The molecule has 0 amide bonds.